The van der Waals surface area contributed by atoms with E-state index in [0.29, 0.717) is 0 Å². The van der Waals surface area contributed by atoms with Crippen LogP contribution in [0.3, 0.4) is 0 Å². The summed E-state index contributed by atoms with van der Waals surface area (Å²) in [5.41, 5.74) is 8.01. The van der Waals surface area contributed by atoms with Gasteiger partial charge in [0, 0.05) is 23.0 Å². The molecule has 0 saturated carbocycles. The third-order valence-electron chi connectivity index (χ3n) is 3.70. The highest BCUT2D eigenvalue weighted by Gasteiger charge is 2.33. The van der Waals surface area contributed by atoms with E-state index in [-0.39, 0.29) is 16.4 Å². The van der Waals surface area contributed by atoms with Crippen molar-refractivity contribution in [1.82, 2.24) is 14.9 Å². The molecular weight excluding hydrogens is 296 g/mol. The summed E-state index contributed by atoms with van der Waals surface area (Å²) in [6, 6.07) is 10.4. The molecule has 1 atom stereocenters. The quantitative estimate of drug-likeness (QED) is 0.740. The van der Waals surface area contributed by atoms with Crippen molar-refractivity contribution in [2.45, 2.75) is 19.8 Å². The van der Waals surface area contributed by atoms with Crippen LogP contribution in [0.5, 0.6) is 0 Å². The summed E-state index contributed by atoms with van der Waals surface area (Å²) >= 11 is 0. The molecule has 4 rings (SSSR count). The van der Waals surface area contributed by atoms with Crippen molar-refractivity contribution in [3.8, 4) is 15.5 Å². The second-order valence-electron chi connectivity index (χ2n) is 5.28. The van der Waals surface area contributed by atoms with Crippen LogP contribution in [0, 0.1) is 0 Å². The van der Waals surface area contributed by atoms with Crippen LogP contribution in [0.1, 0.15) is 18.2 Å². The first-order valence-electron chi connectivity index (χ1n) is 7.14. The number of aromatic nitrogens is 3. The highest BCUT2D eigenvalue weighted by molar-refractivity contribution is 7.41. The molecule has 1 amide bonds. The number of benzene rings is 1. The summed E-state index contributed by atoms with van der Waals surface area (Å²) < 4.78 is 0. The van der Waals surface area contributed by atoms with E-state index < -0.39 is 0 Å². The Hall–Kier alpha value is -2.47. The minimum atomic E-state index is -0.168. The van der Waals surface area contributed by atoms with E-state index >= 15 is 0 Å². The number of fused-ring (bicyclic) bond motifs is 3. The van der Waals surface area contributed by atoms with Gasteiger partial charge in [-0.25, -0.2) is 10.4 Å². The highest BCUT2D eigenvalue weighted by atomic mass is 32.2. The predicted molar refractivity (Wildman–Crippen MR) is 86.7 cm³/mol. The van der Waals surface area contributed by atoms with Gasteiger partial charge in [0.15, 0.2) is 10.6 Å². The molecule has 1 aliphatic rings. The fourth-order valence-electron chi connectivity index (χ4n) is 2.77. The molecule has 0 spiro atoms. The lowest BCUT2D eigenvalue weighted by Gasteiger charge is -2.05. The lowest BCUT2D eigenvalue weighted by Crippen LogP contribution is -2.19. The molecule has 6 heteroatoms. The first-order valence-corrected chi connectivity index (χ1v) is 8.43. The molecule has 1 aromatic carbocycles. The molecule has 110 valence electrons. The Morgan fingerprint density at radius 2 is 2.09 bits per heavy atom. The maximum absolute atomic E-state index is 11.2. The van der Waals surface area contributed by atoms with Crippen molar-refractivity contribution < 1.29 is 4.79 Å². The van der Waals surface area contributed by atoms with Crippen molar-refractivity contribution in [2.24, 2.45) is 0 Å². The number of amides is 1. The van der Waals surface area contributed by atoms with Crippen molar-refractivity contribution in [2.75, 3.05) is 5.43 Å². The van der Waals surface area contributed by atoms with Gasteiger partial charge in [-0.1, -0.05) is 18.2 Å². The van der Waals surface area contributed by atoms with E-state index in [1.54, 1.807) is 0 Å². The molecule has 1 N–H and O–H groups in total. The molecule has 0 aliphatic heterocycles. The first-order chi connectivity index (χ1) is 10.7. The molecule has 1 aliphatic carbocycles. The van der Waals surface area contributed by atoms with Gasteiger partial charge in [-0.15, -0.1) is 5.10 Å². The van der Waals surface area contributed by atoms with Crippen LogP contribution in [-0.4, -0.2) is 20.8 Å². The van der Waals surface area contributed by atoms with Crippen LogP contribution >= 0.6 is 10.5 Å². The lowest BCUT2D eigenvalue weighted by molar-refractivity contribution is -0.115. The third kappa shape index (κ3) is 2.12. The Morgan fingerprint density at radius 1 is 1.27 bits per heavy atom. The summed E-state index contributed by atoms with van der Waals surface area (Å²) in [5, 5.41) is 4.56. The van der Waals surface area contributed by atoms with Crippen LogP contribution in [0.4, 0.5) is 0 Å². The summed E-state index contributed by atoms with van der Waals surface area (Å²) in [7, 11) is -0.168. The third-order valence-corrected chi connectivity index (χ3v) is 5.67. The second-order valence-corrected chi connectivity index (χ2v) is 7.04. The van der Waals surface area contributed by atoms with Gasteiger partial charge in [0.05, 0.1) is 6.20 Å². The smallest absolute Gasteiger partial charge is 0.236 e. The number of nitrogens with one attached hydrogen (secondary N) is 1. The normalized spacial score (nSPS) is 13.4. The maximum atomic E-state index is 11.2. The number of hydrogen-bond acceptors (Lipinski definition) is 3. The van der Waals surface area contributed by atoms with E-state index in [2.05, 4.69) is 27.6 Å². The molecule has 0 saturated heterocycles. The zero-order valence-electron chi connectivity index (χ0n) is 12.1. The van der Waals surface area contributed by atoms with Crippen molar-refractivity contribution in [3.63, 3.8) is 0 Å². The molecule has 1 unspecified atom stereocenters. The monoisotopic (exact) mass is 311 g/mol. The average Bonchev–Trinajstić information content (AvgIpc) is 3.09. The van der Waals surface area contributed by atoms with Crippen LogP contribution in [0.25, 0.3) is 15.5 Å². The van der Waals surface area contributed by atoms with Crippen molar-refractivity contribution in [3.05, 3.63) is 53.3 Å². The predicted octanol–water partition coefficient (Wildman–Crippen LogP) is 2.87. The van der Waals surface area contributed by atoms with Gasteiger partial charge in [0.25, 0.3) is 0 Å². The zero-order chi connectivity index (χ0) is 15.1. The Morgan fingerprint density at radius 3 is 2.86 bits per heavy atom. The first kappa shape index (κ1) is 13.2. The van der Waals surface area contributed by atoms with E-state index in [1.807, 2.05) is 29.9 Å². The lowest BCUT2D eigenvalue weighted by atomic mass is 10.0. The van der Waals surface area contributed by atoms with Crippen LogP contribution < -0.4 is 5.43 Å². The molecule has 2 aromatic heterocycles. The van der Waals surface area contributed by atoms with Gasteiger partial charge < -0.3 is 0 Å². The summed E-state index contributed by atoms with van der Waals surface area (Å²) in [6.45, 7) is 1.48. The Labute approximate surface area is 130 Å². The molecule has 0 bridgehead atoms. The van der Waals surface area contributed by atoms with Crippen LogP contribution in [-0.2, 0) is 17.6 Å². The molecule has 3 aromatic rings. The summed E-state index contributed by atoms with van der Waals surface area (Å²) in [6.07, 6.45) is 3.75. The Balaban J connectivity index is 1.85. The van der Waals surface area contributed by atoms with Gasteiger partial charge in [-0.3, -0.25) is 4.79 Å². The largest absolute Gasteiger partial charge is 0.274 e. The van der Waals surface area contributed by atoms with E-state index in [0.717, 1.165) is 24.2 Å². The Bertz CT molecular complexity index is 850. The van der Waals surface area contributed by atoms with Gasteiger partial charge in [-0.05, 0) is 25.0 Å². The minimum absolute atomic E-state index is 0.126. The SMILES string of the molecule is CC(=O)Nn1cc2c(n1)-c1c(nc[s+]1-c1ccccc1)CC2. The number of nitrogens with zero attached hydrogens (tertiary/aromatic N) is 3. The number of carbonyl (C=O) groups is 1. The topological polar surface area (TPSA) is 59.8 Å². The minimum Gasteiger partial charge on any atom is -0.274 e. The zero-order valence-corrected chi connectivity index (χ0v) is 12.9. The van der Waals surface area contributed by atoms with Gasteiger partial charge in [-0.2, -0.15) is 4.79 Å². The Kier molecular flexibility index (Phi) is 3.04. The van der Waals surface area contributed by atoms with Gasteiger partial charge in [0.1, 0.15) is 5.69 Å². The van der Waals surface area contributed by atoms with Gasteiger partial charge in [0.2, 0.25) is 16.3 Å². The molecular formula is C16H15N4OS+. The number of aryl methyl sites for hydroxylation is 2. The van der Waals surface area contributed by atoms with E-state index in [9.17, 15) is 4.79 Å². The number of hydrogen-bond donors (Lipinski definition) is 1. The fraction of sp³-hybridized carbons (Fsp3) is 0.188. The number of thiazole rings is 1. The molecule has 2 heterocycles. The van der Waals surface area contributed by atoms with Crippen molar-refractivity contribution in [1.29, 1.82) is 0 Å². The average molecular weight is 311 g/mol. The van der Waals surface area contributed by atoms with E-state index in [4.69, 9.17) is 0 Å². The summed E-state index contributed by atoms with van der Waals surface area (Å²) in [5.74, 6) is -0.126. The molecule has 0 fully saturated rings. The molecule has 22 heavy (non-hydrogen) atoms. The van der Waals surface area contributed by atoms with Crippen LogP contribution in [0.15, 0.2) is 42.0 Å². The van der Waals surface area contributed by atoms with Crippen LogP contribution in [0.2, 0.25) is 0 Å². The standard InChI is InChI=1S/C16H14N4OS/c1-11(21)18-20-9-12-7-8-14-16(15(12)19-20)22(10-17-14)13-5-3-2-4-6-13/h2-6,9-10H,7-8H2,1H3/p+1. The fourth-order valence-corrected chi connectivity index (χ4v) is 4.71. The number of rotatable bonds is 2. The van der Waals surface area contributed by atoms with Gasteiger partial charge >= 0.3 is 0 Å². The summed E-state index contributed by atoms with van der Waals surface area (Å²) in [4.78, 5) is 19.8. The molecule has 5 nitrogen and oxygen atoms in total. The number of carbonyl (C=O) groups excluding carboxylic acids is 1. The highest BCUT2D eigenvalue weighted by Crippen LogP contribution is 2.45. The van der Waals surface area contributed by atoms with Crippen molar-refractivity contribution >= 4 is 16.4 Å². The molecule has 0 radical (unpaired) electrons. The maximum Gasteiger partial charge on any atom is 0.236 e. The van der Waals surface area contributed by atoms with E-state index in [1.165, 1.54) is 27.1 Å². The second kappa shape index (κ2) is 5.06.